The Labute approximate surface area is 201 Å². The van der Waals surface area contributed by atoms with Crippen LogP contribution in [0.3, 0.4) is 0 Å². The monoisotopic (exact) mass is 442 g/mol. The SMILES string of the molecule is CCC1C/C=C(\C)C/C(C(=O)C(C)C2CCC=CCC2)=C\C=C\1C1CC(C)c2ccccc21. The summed E-state index contributed by atoms with van der Waals surface area (Å²) in [6.45, 7) is 9.08. The summed E-state index contributed by atoms with van der Waals surface area (Å²) in [6, 6.07) is 9.02. The van der Waals surface area contributed by atoms with Crippen molar-refractivity contribution < 1.29 is 4.79 Å². The Balaban J connectivity index is 1.67. The topological polar surface area (TPSA) is 17.1 Å². The van der Waals surface area contributed by atoms with Gasteiger partial charge >= 0.3 is 0 Å². The predicted molar refractivity (Wildman–Crippen MR) is 140 cm³/mol. The smallest absolute Gasteiger partial charge is 0.162 e. The van der Waals surface area contributed by atoms with E-state index in [1.807, 2.05) is 0 Å². The van der Waals surface area contributed by atoms with Crippen LogP contribution in [-0.4, -0.2) is 5.78 Å². The van der Waals surface area contributed by atoms with Gasteiger partial charge in [0.25, 0.3) is 0 Å². The van der Waals surface area contributed by atoms with E-state index >= 15 is 0 Å². The molecule has 1 heteroatoms. The summed E-state index contributed by atoms with van der Waals surface area (Å²) in [5.41, 5.74) is 6.92. The molecule has 0 radical (unpaired) electrons. The highest BCUT2D eigenvalue weighted by Crippen LogP contribution is 2.48. The number of ketones is 1. The van der Waals surface area contributed by atoms with E-state index in [4.69, 9.17) is 0 Å². The Bertz CT molecular complexity index is 962. The van der Waals surface area contributed by atoms with Gasteiger partial charge in [-0.2, -0.15) is 0 Å². The molecule has 176 valence electrons. The summed E-state index contributed by atoms with van der Waals surface area (Å²) in [6.07, 6.45) is 20.3. The van der Waals surface area contributed by atoms with Gasteiger partial charge in [0, 0.05) is 11.8 Å². The van der Waals surface area contributed by atoms with Gasteiger partial charge in [0.2, 0.25) is 0 Å². The molecular weight excluding hydrogens is 400 g/mol. The molecule has 3 aliphatic rings. The molecule has 1 nitrogen and oxygen atoms in total. The molecule has 0 saturated carbocycles. The van der Waals surface area contributed by atoms with E-state index in [1.165, 1.54) is 28.7 Å². The zero-order valence-corrected chi connectivity index (χ0v) is 21.1. The van der Waals surface area contributed by atoms with Gasteiger partial charge in [0.15, 0.2) is 5.78 Å². The van der Waals surface area contributed by atoms with E-state index < -0.39 is 0 Å². The van der Waals surface area contributed by atoms with Crippen LogP contribution in [0, 0.1) is 17.8 Å². The van der Waals surface area contributed by atoms with Gasteiger partial charge in [-0.15, -0.1) is 0 Å². The lowest BCUT2D eigenvalue weighted by molar-refractivity contribution is -0.120. The van der Waals surface area contributed by atoms with Crippen molar-refractivity contribution in [1.29, 1.82) is 0 Å². The fourth-order valence-electron chi connectivity index (χ4n) is 6.42. The van der Waals surface area contributed by atoms with Crippen molar-refractivity contribution in [1.82, 2.24) is 0 Å². The molecule has 1 aromatic carbocycles. The van der Waals surface area contributed by atoms with Crippen LogP contribution in [0.4, 0.5) is 0 Å². The van der Waals surface area contributed by atoms with Gasteiger partial charge in [0.05, 0.1) is 0 Å². The average molecular weight is 443 g/mol. The molecule has 4 rings (SSSR count). The molecule has 4 atom stereocenters. The lowest BCUT2D eigenvalue weighted by atomic mass is 9.80. The molecule has 0 amide bonds. The van der Waals surface area contributed by atoms with Gasteiger partial charge in [0.1, 0.15) is 0 Å². The van der Waals surface area contributed by atoms with Gasteiger partial charge in [-0.25, -0.2) is 0 Å². The normalized spacial score (nSPS) is 32.0. The third-order valence-electron chi connectivity index (χ3n) is 8.57. The minimum Gasteiger partial charge on any atom is -0.294 e. The third-order valence-corrected chi connectivity index (χ3v) is 8.57. The van der Waals surface area contributed by atoms with E-state index in [2.05, 4.69) is 82.3 Å². The number of hydrogen-bond donors (Lipinski definition) is 0. The van der Waals surface area contributed by atoms with Gasteiger partial charge < -0.3 is 0 Å². The molecular formula is C32H42O. The molecule has 0 aromatic heterocycles. The zero-order valence-electron chi connectivity index (χ0n) is 21.1. The number of hydrogen-bond acceptors (Lipinski definition) is 1. The van der Waals surface area contributed by atoms with Crippen molar-refractivity contribution in [2.24, 2.45) is 17.8 Å². The van der Waals surface area contributed by atoms with Crippen LogP contribution < -0.4 is 0 Å². The second-order valence-electron chi connectivity index (χ2n) is 10.8. The first kappa shape index (κ1) is 24.0. The van der Waals surface area contributed by atoms with E-state index in [9.17, 15) is 4.79 Å². The first-order chi connectivity index (χ1) is 16.0. The summed E-state index contributed by atoms with van der Waals surface area (Å²) in [5, 5.41) is 0. The van der Waals surface area contributed by atoms with Gasteiger partial charge in [-0.3, -0.25) is 4.79 Å². The van der Waals surface area contributed by atoms with Gasteiger partial charge in [-0.1, -0.05) is 86.6 Å². The quantitative estimate of drug-likeness (QED) is 0.416. The Hall–Kier alpha value is -2.15. The third kappa shape index (κ3) is 5.34. The Morgan fingerprint density at radius 3 is 2.45 bits per heavy atom. The molecule has 4 unspecified atom stereocenters. The summed E-state index contributed by atoms with van der Waals surface area (Å²) >= 11 is 0. The number of Topliss-reactive ketones (excluding diaryl/α,β-unsaturated/α-hetero) is 1. The number of allylic oxidation sites excluding steroid dienone is 8. The lowest BCUT2D eigenvalue weighted by Gasteiger charge is -2.24. The maximum atomic E-state index is 13.7. The number of carbonyl (C=O) groups is 1. The average Bonchev–Trinajstić information content (AvgIpc) is 2.99. The molecule has 0 aliphatic heterocycles. The largest absolute Gasteiger partial charge is 0.294 e. The van der Waals surface area contributed by atoms with E-state index in [0.29, 0.717) is 29.5 Å². The van der Waals surface area contributed by atoms with Crippen molar-refractivity contribution in [2.45, 2.75) is 90.9 Å². The van der Waals surface area contributed by atoms with E-state index in [1.54, 1.807) is 0 Å². The Kier molecular flexibility index (Phi) is 7.89. The fourth-order valence-corrected chi connectivity index (χ4v) is 6.42. The number of fused-ring (bicyclic) bond motifs is 1. The van der Waals surface area contributed by atoms with Crippen LogP contribution >= 0.6 is 0 Å². The second-order valence-corrected chi connectivity index (χ2v) is 10.8. The predicted octanol–water partition coefficient (Wildman–Crippen LogP) is 8.85. The fraction of sp³-hybridized carbons (Fsp3) is 0.531. The zero-order chi connectivity index (χ0) is 23.4. The molecule has 3 aliphatic carbocycles. The van der Waals surface area contributed by atoms with Crippen LogP contribution in [0.5, 0.6) is 0 Å². The van der Waals surface area contributed by atoms with Crippen molar-refractivity contribution >= 4 is 5.78 Å². The first-order valence-corrected chi connectivity index (χ1v) is 13.3. The summed E-state index contributed by atoms with van der Waals surface area (Å²) in [7, 11) is 0. The van der Waals surface area contributed by atoms with E-state index in [-0.39, 0.29) is 5.92 Å². The molecule has 0 fully saturated rings. The molecule has 1 aromatic rings. The molecule has 0 spiro atoms. The van der Waals surface area contributed by atoms with Crippen molar-refractivity contribution in [3.63, 3.8) is 0 Å². The van der Waals surface area contributed by atoms with Crippen LogP contribution in [0.2, 0.25) is 0 Å². The molecule has 0 bridgehead atoms. The summed E-state index contributed by atoms with van der Waals surface area (Å²) < 4.78 is 0. The molecule has 33 heavy (non-hydrogen) atoms. The summed E-state index contributed by atoms with van der Waals surface area (Å²) in [4.78, 5) is 13.7. The van der Waals surface area contributed by atoms with Crippen molar-refractivity contribution in [3.8, 4) is 0 Å². The second kappa shape index (κ2) is 10.9. The molecule has 0 heterocycles. The van der Waals surface area contributed by atoms with Gasteiger partial charge in [-0.05, 0) is 92.7 Å². The van der Waals surface area contributed by atoms with Crippen LogP contribution in [-0.2, 0) is 4.79 Å². The highest BCUT2D eigenvalue weighted by atomic mass is 16.1. The highest BCUT2D eigenvalue weighted by molar-refractivity contribution is 5.97. The standard InChI is InChI=1S/C32H42O/c1-5-25-17-16-22(2)20-27(32(33)24(4)26-12-8-6-7-9-13-26)18-19-29(25)31-21-23(3)28-14-10-11-15-30(28)31/h6-7,10-11,14-16,18-19,23-26,31H,5,8-9,12-13,17,20-21H2,1-4H3/b22-16+,27-18+,29-19-. The Morgan fingerprint density at radius 1 is 1.06 bits per heavy atom. The lowest BCUT2D eigenvalue weighted by Crippen LogP contribution is -2.22. The minimum atomic E-state index is 0.107. The highest BCUT2D eigenvalue weighted by Gasteiger charge is 2.33. The van der Waals surface area contributed by atoms with Crippen LogP contribution in [0.25, 0.3) is 0 Å². The molecule has 0 saturated heterocycles. The maximum Gasteiger partial charge on any atom is 0.162 e. The molecule has 0 N–H and O–H groups in total. The Morgan fingerprint density at radius 2 is 1.76 bits per heavy atom. The van der Waals surface area contributed by atoms with Crippen LogP contribution in [0.15, 0.2) is 71.4 Å². The number of rotatable bonds is 5. The van der Waals surface area contributed by atoms with Crippen molar-refractivity contribution in [3.05, 3.63) is 82.5 Å². The maximum absolute atomic E-state index is 13.7. The number of carbonyl (C=O) groups excluding carboxylic acids is 1. The minimum absolute atomic E-state index is 0.107. The number of benzene rings is 1. The first-order valence-electron chi connectivity index (χ1n) is 13.3. The summed E-state index contributed by atoms with van der Waals surface area (Å²) in [5.74, 6) is 2.60. The van der Waals surface area contributed by atoms with E-state index in [0.717, 1.165) is 50.5 Å². The van der Waals surface area contributed by atoms with Crippen LogP contribution in [0.1, 0.15) is 102 Å². The van der Waals surface area contributed by atoms with Crippen molar-refractivity contribution in [2.75, 3.05) is 0 Å².